The average molecular weight is 503 g/mol. The second-order valence-electron chi connectivity index (χ2n) is 6.98. The Morgan fingerprint density at radius 1 is 1.12 bits per heavy atom. The monoisotopic (exact) mass is 501 g/mol. The highest BCUT2D eigenvalue weighted by Crippen LogP contribution is 2.53. The first-order valence-electron chi connectivity index (χ1n) is 9.22. The van der Waals surface area contributed by atoms with Crippen LogP contribution in [0.5, 0.6) is 0 Å². The molecule has 0 bridgehead atoms. The summed E-state index contributed by atoms with van der Waals surface area (Å²) in [6, 6.07) is 6.01. The lowest BCUT2D eigenvalue weighted by molar-refractivity contribution is -0.117. The first-order chi connectivity index (χ1) is 15.0. The molecule has 3 amide bonds. The first kappa shape index (κ1) is 24.0. The summed E-state index contributed by atoms with van der Waals surface area (Å²) in [6.45, 7) is 3.37. The van der Waals surface area contributed by atoms with Gasteiger partial charge in [0.2, 0.25) is 11.8 Å². The number of amides is 3. The minimum Gasteiger partial charge on any atom is -0.326 e. The van der Waals surface area contributed by atoms with Crippen molar-refractivity contribution in [1.82, 2.24) is 0 Å². The largest absolute Gasteiger partial charge is 0.326 e. The SMILES string of the molecule is C=CCC(=O)Nc1c(F)ccc(NC(=O)c2cc(NC(=O)C3CC3(Cl)Cl)ccc2Cl)c1F. The second-order valence-corrected chi connectivity index (χ2v) is 8.93. The Labute approximate surface area is 196 Å². The van der Waals surface area contributed by atoms with Crippen LogP contribution in [0.3, 0.4) is 0 Å². The van der Waals surface area contributed by atoms with Gasteiger partial charge in [0.25, 0.3) is 5.91 Å². The number of carbonyl (C=O) groups excluding carboxylic acids is 3. The number of rotatable bonds is 7. The summed E-state index contributed by atoms with van der Waals surface area (Å²) in [5, 5.41) is 6.98. The van der Waals surface area contributed by atoms with E-state index in [2.05, 4.69) is 22.5 Å². The van der Waals surface area contributed by atoms with Crippen molar-refractivity contribution >= 4 is 69.6 Å². The minimum absolute atomic E-state index is 0.0259. The van der Waals surface area contributed by atoms with Gasteiger partial charge in [-0.2, -0.15) is 0 Å². The number of alkyl halides is 2. The smallest absolute Gasteiger partial charge is 0.257 e. The number of halogens is 5. The fourth-order valence-corrected chi connectivity index (χ4v) is 3.49. The summed E-state index contributed by atoms with van der Waals surface area (Å²) >= 11 is 17.8. The van der Waals surface area contributed by atoms with Crippen molar-refractivity contribution in [2.45, 2.75) is 17.2 Å². The third-order valence-electron chi connectivity index (χ3n) is 4.55. The molecule has 6 nitrogen and oxygen atoms in total. The highest BCUT2D eigenvalue weighted by molar-refractivity contribution is 6.52. The maximum atomic E-state index is 14.7. The fraction of sp³-hybridized carbons (Fsp3) is 0.190. The van der Waals surface area contributed by atoms with Crippen molar-refractivity contribution in [2.75, 3.05) is 16.0 Å². The molecule has 168 valence electrons. The molecule has 0 spiro atoms. The molecule has 0 saturated heterocycles. The van der Waals surface area contributed by atoms with E-state index in [0.717, 1.165) is 12.1 Å². The normalized spacial score (nSPS) is 16.1. The van der Waals surface area contributed by atoms with Crippen LogP contribution in [0.25, 0.3) is 0 Å². The standard InChI is InChI=1S/C21H16Cl3F2N3O3/c1-2-3-16(30)29-18-14(25)6-7-15(17(18)26)28-19(31)11-8-10(4-5-13(11)22)27-20(32)12-9-21(12,23)24/h2,4-8,12H,1,3,9H2,(H,27,32)(H,28,31)(H,29,30). The van der Waals surface area contributed by atoms with Gasteiger partial charge in [0.05, 0.1) is 22.2 Å². The molecular formula is C21H16Cl3F2N3O3. The van der Waals surface area contributed by atoms with E-state index in [9.17, 15) is 23.2 Å². The zero-order valence-electron chi connectivity index (χ0n) is 16.3. The molecule has 0 heterocycles. The van der Waals surface area contributed by atoms with E-state index in [1.165, 1.54) is 24.3 Å². The summed E-state index contributed by atoms with van der Waals surface area (Å²) in [7, 11) is 0. The number of hydrogen-bond acceptors (Lipinski definition) is 3. The maximum Gasteiger partial charge on any atom is 0.257 e. The number of nitrogens with one attached hydrogen (secondary N) is 3. The van der Waals surface area contributed by atoms with Gasteiger partial charge in [-0.15, -0.1) is 29.8 Å². The topological polar surface area (TPSA) is 87.3 Å². The van der Waals surface area contributed by atoms with Crippen LogP contribution in [-0.2, 0) is 9.59 Å². The predicted molar refractivity (Wildman–Crippen MR) is 120 cm³/mol. The number of anilines is 3. The highest BCUT2D eigenvalue weighted by Gasteiger charge is 2.56. The van der Waals surface area contributed by atoms with E-state index in [0.29, 0.717) is 6.42 Å². The molecule has 2 aromatic carbocycles. The first-order valence-corrected chi connectivity index (χ1v) is 10.3. The third kappa shape index (κ3) is 5.38. The van der Waals surface area contributed by atoms with Crippen LogP contribution in [-0.4, -0.2) is 22.1 Å². The van der Waals surface area contributed by atoms with E-state index >= 15 is 0 Å². The molecule has 2 aromatic rings. The Hall–Kier alpha value is -2.68. The average Bonchev–Trinajstić information content (AvgIpc) is 3.37. The molecule has 0 aromatic heterocycles. The van der Waals surface area contributed by atoms with Crippen molar-refractivity contribution in [3.05, 3.63) is 65.2 Å². The molecule has 0 aliphatic heterocycles. The Morgan fingerprint density at radius 2 is 1.81 bits per heavy atom. The predicted octanol–water partition coefficient (Wildman–Crippen LogP) is 5.52. The van der Waals surface area contributed by atoms with Gasteiger partial charge in [-0.1, -0.05) is 17.7 Å². The van der Waals surface area contributed by atoms with Gasteiger partial charge in [-0.05, 0) is 36.8 Å². The Morgan fingerprint density at radius 3 is 2.44 bits per heavy atom. The lowest BCUT2D eigenvalue weighted by Gasteiger charge is -2.13. The van der Waals surface area contributed by atoms with Crippen LogP contribution in [0.15, 0.2) is 43.0 Å². The zero-order chi connectivity index (χ0) is 23.6. The van der Waals surface area contributed by atoms with E-state index in [1.807, 2.05) is 0 Å². The quantitative estimate of drug-likeness (QED) is 0.344. The van der Waals surface area contributed by atoms with Crippen LogP contribution in [0.1, 0.15) is 23.2 Å². The molecule has 3 rings (SSSR count). The Balaban J connectivity index is 1.79. The lowest BCUT2D eigenvalue weighted by atomic mass is 10.1. The molecule has 1 unspecified atom stereocenters. The number of benzene rings is 2. The molecule has 1 aliphatic rings. The van der Waals surface area contributed by atoms with Crippen LogP contribution in [0.4, 0.5) is 25.8 Å². The molecule has 1 aliphatic carbocycles. The van der Waals surface area contributed by atoms with Crippen LogP contribution in [0.2, 0.25) is 5.02 Å². The van der Waals surface area contributed by atoms with Crippen LogP contribution < -0.4 is 16.0 Å². The van der Waals surface area contributed by atoms with Crippen LogP contribution in [0, 0.1) is 17.6 Å². The lowest BCUT2D eigenvalue weighted by Crippen LogP contribution is -2.19. The van der Waals surface area contributed by atoms with Crippen molar-refractivity contribution < 1.29 is 23.2 Å². The maximum absolute atomic E-state index is 14.7. The molecule has 32 heavy (non-hydrogen) atoms. The van der Waals surface area contributed by atoms with E-state index in [1.54, 1.807) is 0 Å². The number of carbonyl (C=O) groups is 3. The molecule has 0 radical (unpaired) electrons. The minimum atomic E-state index is -1.18. The van der Waals surface area contributed by atoms with Crippen molar-refractivity contribution in [3.63, 3.8) is 0 Å². The summed E-state index contributed by atoms with van der Waals surface area (Å²) in [4.78, 5) is 36.5. The molecular weight excluding hydrogens is 487 g/mol. The highest BCUT2D eigenvalue weighted by atomic mass is 35.5. The van der Waals surface area contributed by atoms with Gasteiger partial charge >= 0.3 is 0 Å². The van der Waals surface area contributed by atoms with Gasteiger partial charge < -0.3 is 16.0 Å². The van der Waals surface area contributed by atoms with Gasteiger partial charge in [-0.25, -0.2) is 8.78 Å². The van der Waals surface area contributed by atoms with Gasteiger partial charge in [0, 0.05) is 12.1 Å². The summed E-state index contributed by atoms with van der Waals surface area (Å²) in [5.41, 5.74) is -0.929. The third-order valence-corrected chi connectivity index (χ3v) is 5.72. The molecule has 1 fully saturated rings. The summed E-state index contributed by atoms with van der Waals surface area (Å²) in [6.07, 6.45) is 1.42. The van der Waals surface area contributed by atoms with Crippen molar-refractivity contribution in [2.24, 2.45) is 5.92 Å². The van der Waals surface area contributed by atoms with E-state index in [-0.39, 0.29) is 28.4 Å². The number of hydrogen-bond donors (Lipinski definition) is 3. The molecule has 1 saturated carbocycles. The Bertz CT molecular complexity index is 1120. The van der Waals surface area contributed by atoms with Crippen molar-refractivity contribution in [1.29, 1.82) is 0 Å². The van der Waals surface area contributed by atoms with E-state index in [4.69, 9.17) is 34.8 Å². The molecule has 1 atom stereocenters. The summed E-state index contributed by atoms with van der Waals surface area (Å²) in [5.74, 6) is -4.70. The fourth-order valence-electron chi connectivity index (χ4n) is 2.78. The second kappa shape index (κ2) is 9.44. The van der Waals surface area contributed by atoms with Crippen molar-refractivity contribution in [3.8, 4) is 0 Å². The zero-order valence-corrected chi connectivity index (χ0v) is 18.5. The molecule has 11 heteroatoms. The summed E-state index contributed by atoms with van der Waals surface area (Å²) < 4.78 is 27.6. The van der Waals surface area contributed by atoms with E-state index < -0.39 is 45.3 Å². The van der Waals surface area contributed by atoms with Crippen LogP contribution >= 0.6 is 34.8 Å². The van der Waals surface area contributed by atoms with Gasteiger partial charge in [-0.3, -0.25) is 14.4 Å². The van der Waals surface area contributed by atoms with Gasteiger partial charge in [0.1, 0.15) is 15.8 Å². The molecule has 3 N–H and O–H groups in total. The Kier molecular flexibility index (Phi) is 7.07. The van der Waals surface area contributed by atoms with Gasteiger partial charge in [0.15, 0.2) is 5.82 Å².